The molecule has 0 aromatic carbocycles. The summed E-state index contributed by atoms with van der Waals surface area (Å²) in [7, 11) is 0. The maximum Gasteiger partial charge on any atom is 0.341 e. The third-order valence-corrected chi connectivity index (χ3v) is 6.74. The van der Waals surface area contributed by atoms with Crippen molar-refractivity contribution in [1.29, 1.82) is 0 Å². The first-order valence-corrected chi connectivity index (χ1v) is 9.37. The summed E-state index contributed by atoms with van der Waals surface area (Å²) in [4.78, 5) is 16.4. The lowest BCUT2D eigenvalue weighted by atomic mass is 9.76. The SMILES string of the molecule is CCOC(=O)c1c(N)sc2c1C1CCC2N(C2CCCC2)C1. The first-order valence-electron chi connectivity index (χ1n) is 8.55. The number of esters is 1. The summed E-state index contributed by atoms with van der Waals surface area (Å²) in [5, 5.41) is 0.661. The summed E-state index contributed by atoms with van der Waals surface area (Å²) < 4.78 is 5.24. The van der Waals surface area contributed by atoms with Crippen LogP contribution in [0.4, 0.5) is 5.00 Å². The smallest absolute Gasteiger partial charge is 0.341 e. The van der Waals surface area contributed by atoms with Crippen LogP contribution in [-0.4, -0.2) is 30.1 Å². The van der Waals surface area contributed by atoms with Crippen LogP contribution in [-0.2, 0) is 4.74 Å². The van der Waals surface area contributed by atoms with Gasteiger partial charge in [-0.25, -0.2) is 4.79 Å². The zero-order valence-corrected chi connectivity index (χ0v) is 14.0. The molecule has 3 heterocycles. The van der Waals surface area contributed by atoms with Gasteiger partial charge in [0.1, 0.15) is 5.00 Å². The van der Waals surface area contributed by atoms with Gasteiger partial charge in [0.25, 0.3) is 0 Å². The fourth-order valence-corrected chi connectivity index (χ4v) is 6.00. The predicted molar refractivity (Wildman–Crippen MR) is 88.4 cm³/mol. The average Bonchev–Trinajstić information content (AvgIpc) is 3.14. The lowest BCUT2D eigenvalue weighted by Crippen LogP contribution is -2.46. The summed E-state index contributed by atoms with van der Waals surface area (Å²) >= 11 is 1.63. The monoisotopic (exact) mass is 320 g/mol. The fraction of sp³-hybridized carbons (Fsp3) is 0.706. The van der Waals surface area contributed by atoms with Crippen molar-refractivity contribution in [3.63, 3.8) is 0 Å². The van der Waals surface area contributed by atoms with E-state index in [1.165, 1.54) is 49.0 Å². The molecular formula is C17H24N2O2S. The third-order valence-electron chi connectivity index (χ3n) is 5.61. The number of thiophene rings is 1. The van der Waals surface area contributed by atoms with Gasteiger partial charge in [0.05, 0.1) is 12.2 Å². The molecule has 5 heteroatoms. The van der Waals surface area contributed by atoms with Crippen LogP contribution in [0, 0.1) is 0 Å². The second-order valence-electron chi connectivity index (χ2n) is 6.76. The molecule has 1 saturated heterocycles. The van der Waals surface area contributed by atoms with Gasteiger partial charge >= 0.3 is 5.97 Å². The Kier molecular flexibility index (Phi) is 3.65. The van der Waals surface area contributed by atoms with E-state index in [4.69, 9.17) is 10.5 Å². The number of hydrogen-bond acceptors (Lipinski definition) is 5. The maximum atomic E-state index is 12.3. The van der Waals surface area contributed by atoms with Crippen molar-refractivity contribution in [2.45, 2.75) is 63.5 Å². The van der Waals surface area contributed by atoms with E-state index in [0.717, 1.165) is 12.6 Å². The molecule has 1 aromatic rings. The number of carbonyl (C=O) groups excluding carboxylic acids is 1. The topological polar surface area (TPSA) is 55.6 Å². The molecular weight excluding hydrogens is 296 g/mol. The van der Waals surface area contributed by atoms with Crippen LogP contribution in [0.25, 0.3) is 0 Å². The van der Waals surface area contributed by atoms with Gasteiger partial charge in [0.2, 0.25) is 0 Å². The van der Waals surface area contributed by atoms with Crippen LogP contribution in [0.15, 0.2) is 0 Å². The molecule has 2 unspecified atom stereocenters. The van der Waals surface area contributed by atoms with Gasteiger partial charge in [-0.15, -0.1) is 11.3 Å². The molecule has 2 aliphatic heterocycles. The van der Waals surface area contributed by atoms with Crippen molar-refractivity contribution in [2.24, 2.45) is 0 Å². The Labute approximate surface area is 135 Å². The Hall–Kier alpha value is -1.07. The highest BCUT2D eigenvalue weighted by atomic mass is 32.1. The lowest BCUT2D eigenvalue weighted by Gasteiger charge is -2.48. The van der Waals surface area contributed by atoms with E-state index in [0.29, 0.717) is 29.1 Å². The highest BCUT2D eigenvalue weighted by Gasteiger charge is 2.45. The number of carbonyl (C=O) groups is 1. The zero-order chi connectivity index (χ0) is 15.3. The Balaban J connectivity index is 1.71. The Morgan fingerprint density at radius 1 is 1.32 bits per heavy atom. The van der Waals surface area contributed by atoms with E-state index in [-0.39, 0.29) is 5.97 Å². The highest BCUT2D eigenvalue weighted by Crippen LogP contribution is 2.54. The molecule has 120 valence electrons. The predicted octanol–water partition coefficient (Wildman–Crippen LogP) is 3.68. The highest BCUT2D eigenvalue weighted by molar-refractivity contribution is 7.16. The molecule has 1 aromatic heterocycles. The van der Waals surface area contributed by atoms with Gasteiger partial charge < -0.3 is 10.5 Å². The quantitative estimate of drug-likeness (QED) is 0.863. The van der Waals surface area contributed by atoms with Crippen molar-refractivity contribution in [3.05, 3.63) is 16.0 Å². The molecule has 0 spiro atoms. The minimum absolute atomic E-state index is 0.225. The summed E-state index contributed by atoms with van der Waals surface area (Å²) in [6, 6.07) is 1.23. The van der Waals surface area contributed by atoms with Gasteiger partial charge in [-0.2, -0.15) is 0 Å². The number of nitrogen functional groups attached to an aromatic ring is 1. The van der Waals surface area contributed by atoms with Crippen LogP contribution >= 0.6 is 11.3 Å². The third kappa shape index (κ3) is 2.09. The van der Waals surface area contributed by atoms with Crippen LogP contribution in [0.2, 0.25) is 0 Å². The van der Waals surface area contributed by atoms with Gasteiger partial charge in [-0.1, -0.05) is 12.8 Å². The largest absolute Gasteiger partial charge is 0.462 e. The van der Waals surface area contributed by atoms with Crippen molar-refractivity contribution < 1.29 is 9.53 Å². The number of fused-ring (bicyclic) bond motifs is 2. The van der Waals surface area contributed by atoms with Crippen LogP contribution < -0.4 is 5.73 Å². The standard InChI is InChI=1S/C17H24N2O2S/c1-2-21-17(20)14-13-10-7-8-12(15(13)22-16(14)18)19(9-10)11-5-3-4-6-11/h10-12H,2-9,18H2,1H3. The number of rotatable bonds is 3. The molecule has 0 radical (unpaired) electrons. The Bertz CT molecular complexity index is 592. The lowest BCUT2D eigenvalue weighted by molar-refractivity contribution is 0.0510. The number of piperidine rings is 1. The van der Waals surface area contributed by atoms with Gasteiger partial charge in [0, 0.05) is 23.5 Å². The normalized spacial score (nSPS) is 28.0. The Morgan fingerprint density at radius 2 is 2.09 bits per heavy atom. The number of nitrogens with two attached hydrogens (primary N) is 1. The molecule has 2 aliphatic carbocycles. The van der Waals surface area contributed by atoms with Crippen LogP contribution in [0.5, 0.6) is 0 Å². The zero-order valence-electron chi connectivity index (χ0n) is 13.1. The molecule has 2 N–H and O–H groups in total. The molecule has 4 nitrogen and oxygen atoms in total. The number of anilines is 1. The van der Waals surface area contributed by atoms with Crippen molar-refractivity contribution in [2.75, 3.05) is 18.9 Å². The van der Waals surface area contributed by atoms with E-state index in [1.54, 1.807) is 11.3 Å². The number of nitrogens with zero attached hydrogens (tertiary/aromatic N) is 1. The molecule has 4 aliphatic rings. The second kappa shape index (κ2) is 5.53. The minimum atomic E-state index is -0.225. The molecule has 22 heavy (non-hydrogen) atoms. The molecule has 0 amide bonds. The van der Waals surface area contributed by atoms with E-state index in [1.807, 2.05) is 6.92 Å². The summed E-state index contributed by atoms with van der Waals surface area (Å²) in [5.41, 5.74) is 8.11. The first-order chi connectivity index (χ1) is 10.7. The van der Waals surface area contributed by atoms with E-state index < -0.39 is 0 Å². The van der Waals surface area contributed by atoms with E-state index in [9.17, 15) is 4.79 Å². The summed E-state index contributed by atoms with van der Waals surface area (Å²) in [6.45, 7) is 3.36. The molecule has 2 atom stereocenters. The van der Waals surface area contributed by atoms with E-state index >= 15 is 0 Å². The first kappa shape index (κ1) is 14.5. The molecule has 2 fully saturated rings. The number of hydrogen-bond donors (Lipinski definition) is 1. The van der Waals surface area contributed by atoms with Crippen molar-refractivity contribution >= 4 is 22.3 Å². The average molecular weight is 320 g/mol. The van der Waals surface area contributed by atoms with Crippen LogP contribution in [0.1, 0.15) is 78.2 Å². The van der Waals surface area contributed by atoms with Crippen molar-refractivity contribution in [1.82, 2.24) is 4.90 Å². The van der Waals surface area contributed by atoms with E-state index in [2.05, 4.69) is 4.90 Å². The summed E-state index contributed by atoms with van der Waals surface area (Å²) in [5.74, 6) is 0.242. The van der Waals surface area contributed by atoms with Crippen LogP contribution in [0.3, 0.4) is 0 Å². The number of ether oxygens (including phenoxy) is 1. The molecule has 2 bridgehead atoms. The molecule has 5 rings (SSSR count). The van der Waals surface area contributed by atoms with Gasteiger partial charge in [-0.3, -0.25) is 4.90 Å². The Morgan fingerprint density at radius 3 is 2.82 bits per heavy atom. The minimum Gasteiger partial charge on any atom is -0.462 e. The molecule has 1 saturated carbocycles. The maximum absolute atomic E-state index is 12.3. The summed E-state index contributed by atoms with van der Waals surface area (Å²) in [6.07, 6.45) is 7.81. The second-order valence-corrected chi connectivity index (χ2v) is 7.85. The fourth-order valence-electron chi connectivity index (χ4n) is 4.70. The van der Waals surface area contributed by atoms with Gasteiger partial charge in [-0.05, 0) is 44.1 Å². The van der Waals surface area contributed by atoms with Crippen molar-refractivity contribution in [3.8, 4) is 0 Å². The van der Waals surface area contributed by atoms with Gasteiger partial charge in [0.15, 0.2) is 0 Å².